The van der Waals surface area contributed by atoms with Crippen molar-refractivity contribution >= 4 is 61.1 Å². The van der Waals surface area contributed by atoms with Crippen molar-refractivity contribution in [3.05, 3.63) is 137 Å². The summed E-state index contributed by atoms with van der Waals surface area (Å²) >= 11 is 3.84. The number of nitriles is 1. The highest BCUT2D eigenvalue weighted by atomic mass is 32.2. The van der Waals surface area contributed by atoms with Crippen LogP contribution in [0.2, 0.25) is 0 Å². The lowest BCUT2D eigenvalue weighted by Crippen LogP contribution is -2.05. The van der Waals surface area contributed by atoms with Crippen LogP contribution in [0.1, 0.15) is 32.7 Å². The van der Waals surface area contributed by atoms with Crippen LogP contribution >= 0.6 is 23.1 Å². The summed E-state index contributed by atoms with van der Waals surface area (Å²) in [6, 6.07) is 41.7. The van der Waals surface area contributed by atoms with E-state index < -0.39 is 0 Å². The van der Waals surface area contributed by atoms with Crippen molar-refractivity contribution in [2.24, 2.45) is 0 Å². The maximum atomic E-state index is 9.50. The topological polar surface area (TPSA) is 28.7 Å². The molecule has 0 fully saturated rings. The number of hydrogen-bond donors (Lipinski definition) is 0. The first-order valence-electron chi connectivity index (χ1n) is 13.8. The van der Waals surface area contributed by atoms with Gasteiger partial charge in [0.1, 0.15) is 0 Å². The summed E-state index contributed by atoms with van der Waals surface area (Å²) in [5.74, 6) is 0.294. The molecule has 2 nitrogen and oxygen atoms in total. The minimum absolute atomic E-state index is 0.294. The molecule has 0 amide bonds. The molecule has 192 valence electrons. The van der Waals surface area contributed by atoms with Crippen LogP contribution in [0, 0.1) is 11.3 Å². The van der Waals surface area contributed by atoms with Gasteiger partial charge in [0.2, 0.25) is 0 Å². The number of rotatable bonds is 2. The predicted octanol–water partition coefficient (Wildman–Crippen LogP) is 10.5. The molecule has 2 aliphatic rings. The highest BCUT2D eigenvalue weighted by molar-refractivity contribution is 8.00. The van der Waals surface area contributed by atoms with Gasteiger partial charge in [-0.05, 0) is 76.7 Å². The molecule has 0 N–H and O–H groups in total. The van der Waals surface area contributed by atoms with E-state index in [9.17, 15) is 5.26 Å². The number of para-hydroxylation sites is 3. The number of allylic oxidation sites excluding steroid dienone is 1. The largest absolute Gasteiger partial charge is 0.309 e. The Hall–Kier alpha value is -4.56. The third-order valence-corrected chi connectivity index (χ3v) is 11.2. The zero-order valence-corrected chi connectivity index (χ0v) is 23.5. The zero-order chi connectivity index (χ0) is 27.1. The van der Waals surface area contributed by atoms with Crippen LogP contribution in [0.25, 0.3) is 54.8 Å². The number of thiophene rings is 1. The molecule has 0 bridgehead atoms. The average Bonchev–Trinajstić information content (AvgIpc) is 3.69. The molecule has 5 aromatic carbocycles. The van der Waals surface area contributed by atoms with E-state index in [4.69, 9.17) is 0 Å². The van der Waals surface area contributed by atoms with Crippen molar-refractivity contribution in [1.82, 2.24) is 4.57 Å². The van der Waals surface area contributed by atoms with Crippen molar-refractivity contribution in [3.63, 3.8) is 0 Å². The quantitative estimate of drug-likeness (QED) is 0.211. The molecule has 2 atom stereocenters. The SMILES string of the molecule is N#Cc1ccc2c(c1)C1C=Cc3sc4ccc(-c5ccccc5-n5c6ccccc6c6ccccc65)cc4c3[C@H]1S2. The minimum atomic E-state index is 0.294. The molecule has 7 aromatic rings. The van der Waals surface area contributed by atoms with E-state index in [0.29, 0.717) is 11.2 Å². The smallest absolute Gasteiger partial charge is 0.0991 e. The molecular weight excluding hydrogens is 537 g/mol. The van der Waals surface area contributed by atoms with Crippen molar-refractivity contribution < 1.29 is 0 Å². The van der Waals surface area contributed by atoms with Gasteiger partial charge in [0.05, 0.1) is 28.4 Å². The number of benzene rings is 5. The fourth-order valence-corrected chi connectivity index (χ4v) is 9.54. The minimum Gasteiger partial charge on any atom is -0.309 e. The Balaban J connectivity index is 1.23. The Morgan fingerprint density at radius 2 is 1.49 bits per heavy atom. The van der Waals surface area contributed by atoms with E-state index in [1.165, 1.54) is 69.6 Å². The van der Waals surface area contributed by atoms with E-state index >= 15 is 0 Å². The predicted molar refractivity (Wildman–Crippen MR) is 173 cm³/mol. The molecule has 0 saturated carbocycles. The van der Waals surface area contributed by atoms with Gasteiger partial charge in [-0.2, -0.15) is 5.26 Å². The number of hydrogen-bond acceptors (Lipinski definition) is 3. The van der Waals surface area contributed by atoms with Gasteiger partial charge in [0.15, 0.2) is 0 Å². The van der Waals surface area contributed by atoms with Crippen LogP contribution in [0.15, 0.2) is 120 Å². The lowest BCUT2D eigenvalue weighted by Gasteiger charge is -2.21. The van der Waals surface area contributed by atoms with Crippen molar-refractivity contribution in [1.29, 1.82) is 5.26 Å². The molecule has 4 heteroatoms. The summed E-state index contributed by atoms with van der Waals surface area (Å²) in [4.78, 5) is 2.65. The van der Waals surface area contributed by atoms with Crippen LogP contribution in [0.4, 0.5) is 0 Å². The fourth-order valence-electron chi connectivity index (χ4n) is 6.81. The molecule has 0 radical (unpaired) electrons. The molecule has 0 saturated heterocycles. The number of nitrogens with zero attached hydrogens (tertiary/aromatic N) is 2. The second kappa shape index (κ2) is 8.72. The van der Waals surface area contributed by atoms with Crippen molar-refractivity contribution in [3.8, 4) is 22.9 Å². The second-order valence-electron chi connectivity index (χ2n) is 10.8. The lowest BCUT2D eigenvalue weighted by atomic mass is 9.86. The van der Waals surface area contributed by atoms with E-state index in [-0.39, 0.29) is 0 Å². The first kappa shape index (κ1) is 23.2. The number of thioether (sulfide) groups is 1. The van der Waals surface area contributed by atoms with E-state index in [1.807, 2.05) is 29.2 Å². The summed E-state index contributed by atoms with van der Waals surface area (Å²) in [5, 5.41) is 13.7. The summed E-state index contributed by atoms with van der Waals surface area (Å²) in [5.41, 5.74) is 9.56. The van der Waals surface area contributed by atoms with Crippen LogP contribution in [0.5, 0.6) is 0 Å². The number of fused-ring (bicyclic) bond motifs is 10. The molecule has 1 aliphatic heterocycles. The van der Waals surface area contributed by atoms with Gasteiger partial charge >= 0.3 is 0 Å². The Morgan fingerprint density at radius 1 is 0.732 bits per heavy atom. The molecule has 0 spiro atoms. The van der Waals surface area contributed by atoms with Gasteiger partial charge < -0.3 is 4.57 Å². The van der Waals surface area contributed by atoms with Gasteiger partial charge in [-0.25, -0.2) is 0 Å². The molecular formula is C37H22N2S2. The normalized spacial score (nSPS) is 17.0. The lowest BCUT2D eigenvalue weighted by molar-refractivity contribution is 0.828. The maximum absolute atomic E-state index is 9.50. The van der Waals surface area contributed by atoms with Crippen LogP contribution < -0.4 is 0 Å². The Labute approximate surface area is 245 Å². The summed E-state index contributed by atoms with van der Waals surface area (Å²) in [7, 11) is 0. The van der Waals surface area contributed by atoms with Gasteiger partial charge in [0, 0.05) is 42.0 Å². The zero-order valence-electron chi connectivity index (χ0n) is 21.9. The van der Waals surface area contributed by atoms with Gasteiger partial charge in [-0.1, -0.05) is 66.7 Å². The summed E-state index contributed by atoms with van der Waals surface area (Å²) in [6.45, 7) is 0. The van der Waals surface area contributed by atoms with Crippen molar-refractivity contribution in [2.75, 3.05) is 0 Å². The van der Waals surface area contributed by atoms with E-state index in [1.54, 1.807) is 0 Å². The van der Waals surface area contributed by atoms with Crippen LogP contribution in [-0.2, 0) is 0 Å². The molecule has 3 heterocycles. The highest BCUT2D eigenvalue weighted by Crippen LogP contribution is 2.60. The molecule has 9 rings (SSSR count). The second-order valence-corrected chi connectivity index (χ2v) is 13.0. The first-order chi connectivity index (χ1) is 20.3. The fraction of sp³-hybridized carbons (Fsp3) is 0.0541. The summed E-state index contributed by atoms with van der Waals surface area (Å²) in [6.07, 6.45) is 4.66. The average molecular weight is 559 g/mol. The monoisotopic (exact) mass is 558 g/mol. The molecule has 1 unspecified atom stereocenters. The van der Waals surface area contributed by atoms with E-state index in [0.717, 1.165) is 5.56 Å². The Morgan fingerprint density at radius 3 is 2.29 bits per heavy atom. The summed E-state index contributed by atoms with van der Waals surface area (Å²) < 4.78 is 3.75. The Kier molecular flexibility index (Phi) is 4.93. The highest BCUT2D eigenvalue weighted by Gasteiger charge is 2.38. The first-order valence-corrected chi connectivity index (χ1v) is 15.5. The Bertz CT molecular complexity index is 2220. The molecule has 41 heavy (non-hydrogen) atoms. The third kappa shape index (κ3) is 3.31. The molecule has 2 aromatic heterocycles. The van der Waals surface area contributed by atoms with Gasteiger partial charge in [-0.15, -0.1) is 23.1 Å². The molecule has 1 aliphatic carbocycles. The van der Waals surface area contributed by atoms with Gasteiger partial charge in [-0.3, -0.25) is 0 Å². The number of aromatic nitrogens is 1. The van der Waals surface area contributed by atoms with Crippen LogP contribution in [0.3, 0.4) is 0 Å². The van der Waals surface area contributed by atoms with E-state index in [2.05, 4.69) is 126 Å². The van der Waals surface area contributed by atoms with Crippen molar-refractivity contribution in [2.45, 2.75) is 16.1 Å². The standard InChI is InChI=1S/C37H22N2S2/c38-21-22-13-16-33-28(19-22)27-15-18-35-36(37(27)41-33)29-20-23(14-17-34(29)40-35)24-7-1-4-10-30(24)39-31-11-5-2-8-25(31)26-9-3-6-12-32(26)39/h1-20,27,37H/t27?,37-/m0/s1. The third-order valence-electron chi connectivity index (χ3n) is 8.61. The maximum Gasteiger partial charge on any atom is 0.0991 e. The van der Waals surface area contributed by atoms with Crippen LogP contribution in [-0.4, -0.2) is 4.57 Å². The van der Waals surface area contributed by atoms with Gasteiger partial charge in [0.25, 0.3) is 0 Å².